The number of methoxy groups -OCH3 is 1. The highest BCUT2D eigenvalue weighted by atomic mass is 19.1. The molecule has 1 atom stereocenters. The number of hydrogen-bond donors (Lipinski definition) is 1. The molecule has 0 spiro atoms. The number of benzene rings is 1. The van der Waals surface area contributed by atoms with Crippen LogP contribution in [0.5, 0.6) is 0 Å². The first-order chi connectivity index (χ1) is 13.0. The van der Waals surface area contributed by atoms with Gasteiger partial charge in [0.05, 0.1) is 13.7 Å². The molecule has 3 rings (SSSR count). The van der Waals surface area contributed by atoms with Crippen LogP contribution in [0.25, 0.3) is 0 Å². The maximum atomic E-state index is 13.4. The molecule has 0 aromatic heterocycles. The second-order valence-corrected chi connectivity index (χ2v) is 6.86. The van der Waals surface area contributed by atoms with Crippen LogP contribution in [0.4, 0.5) is 4.39 Å². The third-order valence-corrected chi connectivity index (χ3v) is 5.18. The van der Waals surface area contributed by atoms with Crippen molar-refractivity contribution >= 4 is 17.8 Å². The SMILES string of the molecule is COC(=O)[C@@H]1CN(C(=O)c2cccc(F)c2)CCN1C(=O)C1CCNCC1. The summed E-state index contributed by atoms with van der Waals surface area (Å²) >= 11 is 0. The molecule has 0 saturated carbocycles. The molecule has 0 unspecified atom stereocenters. The van der Waals surface area contributed by atoms with Crippen LogP contribution in [-0.4, -0.2) is 73.5 Å². The lowest BCUT2D eigenvalue weighted by Crippen LogP contribution is -2.61. The van der Waals surface area contributed by atoms with Gasteiger partial charge in [0.25, 0.3) is 5.91 Å². The van der Waals surface area contributed by atoms with Crippen LogP contribution in [0.15, 0.2) is 24.3 Å². The Hall–Kier alpha value is -2.48. The average Bonchev–Trinajstić information content (AvgIpc) is 2.72. The van der Waals surface area contributed by atoms with Crippen molar-refractivity contribution in [2.24, 2.45) is 5.92 Å². The summed E-state index contributed by atoms with van der Waals surface area (Å²) in [5.41, 5.74) is 0.219. The topological polar surface area (TPSA) is 79.0 Å². The Kier molecular flexibility index (Phi) is 6.05. The van der Waals surface area contributed by atoms with Crippen molar-refractivity contribution in [3.05, 3.63) is 35.6 Å². The van der Waals surface area contributed by atoms with E-state index in [2.05, 4.69) is 5.32 Å². The van der Waals surface area contributed by atoms with E-state index in [0.717, 1.165) is 25.9 Å². The first-order valence-electron chi connectivity index (χ1n) is 9.15. The molecule has 7 nitrogen and oxygen atoms in total. The number of amides is 2. The second kappa shape index (κ2) is 8.47. The molecule has 0 aliphatic carbocycles. The van der Waals surface area contributed by atoms with E-state index >= 15 is 0 Å². The number of piperazine rings is 1. The van der Waals surface area contributed by atoms with Crippen molar-refractivity contribution in [2.75, 3.05) is 39.8 Å². The van der Waals surface area contributed by atoms with Gasteiger partial charge >= 0.3 is 5.97 Å². The van der Waals surface area contributed by atoms with E-state index in [9.17, 15) is 18.8 Å². The number of piperidine rings is 1. The number of rotatable bonds is 3. The van der Waals surface area contributed by atoms with Gasteiger partial charge in [-0.05, 0) is 44.1 Å². The van der Waals surface area contributed by atoms with Gasteiger partial charge in [0.15, 0.2) is 0 Å². The molecule has 2 saturated heterocycles. The highest BCUT2D eigenvalue weighted by Gasteiger charge is 2.40. The Balaban J connectivity index is 1.75. The molecule has 2 amide bonds. The number of esters is 1. The standard InChI is InChI=1S/C19H24FN3O4/c1-27-19(26)16-12-22(17(24)14-3-2-4-15(20)11-14)9-10-23(16)18(25)13-5-7-21-8-6-13/h2-4,11,13,16,21H,5-10,12H2,1H3/t16-/m0/s1. The minimum absolute atomic E-state index is 0.0404. The van der Waals surface area contributed by atoms with Gasteiger partial charge in [0, 0.05) is 24.6 Å². The van der Waals surface area contributed by atoms with Gasteiger partial charge in [-0.25, -0.2) is 9.18 Å². The molecule has 1 aromatic carbocycles. The van der Waals surface area contributed by atoms with E-state index in [-0.39, 0.29) is 36.4 Å². The highest BCUT2D eigenvalue weighted by molar-refractivity contribution is 5.95. The zero-order chi connectivity index (χ0) is 19.4. The smallest absolute Gasteiger partial charge is 0.330 e. The van der Waals surface area contributed by atoms with Gasteiger partial charge in [-0.15, -0.1) is 0 Å². The number of nitrogens with zero attached hydrogens (tertiary/aromatic N) is 2. The van der Waals surface area contributed by atoms with Crippen LogP contribution in [0.3, 0.4) is 0 Å². The molecule has 0 bridgehead atoms. The minimum Gasteiger partial charge on any atom is -0.467 e. The summed E-state index contributed by atoms with van der Waals surface area (Å²) in [6.45, 7) is 2.14. The summed E-state index contributed by atoms with van der Waals surface area (Å²) in [7, 11) is 1.27. The summed E-state index contributed by atoms with van der Waals surface area (Å²) in [5, 5.41) is 3.22. The van der Waals surface area contributed by atoms with Gasteiger partial charge in [-0.3, -0.25) is 9.59 Å². The highest BCUT2D eigenvalue weighted by Crippen LogP contribution is 2.21. The fraction of sp³-hybridized carbons (Fsp3) is 0.526. The monoisotopic (exact) mass is 377 g/mol. The summed E-state index contributed by atoms with van der Waals surface area (Å²) in [5.74, 6) is -1.59. The fourth-order valence-electron chi connectivity index (χ4n) is 3.68. The van der Waals surface area contributed by atoms with Crippen LogP contribution < -0.4 is 5.32 Å². The Morgan fingerprint density at radius 1 is 1.19 bits per heavy atom. The predicted octanol–water partition coefficient (Wildman–Crippen LogP) is 0.651. The predicted molar refractivity (Wildman–Crippen MR) is 95.4 cm³/mol. The summed E-state index contributed by atoms with van der Waals surface area (Å²) in [6.07, 6.45) is 1.46. The van der Waals surface area contributed by atoms with Crippen molar-refractivity contribution in [2.45, 2.75) is 18.9 Å². The molecule has 2 fully saturated rings. The molecule has 8 heteroatoms. The second-order valence-electron chi connectivity index (χ2n) is 6.86. The third-order valence-electron chi connectivity index (χ3n) is 5.18. The molecule has 1 aromatic rings. The number of halogens is 1. The molecular weight excluding hydrogens is 353 g/mol. The zero-order valence-electron chi connectivity index (χ0n) is 15.3. The van der Waals surface area contributed by atoms with E-state index < -0.39 is 17.8 Å². The van der Waals surface area contributed by atoms with E-state index in [1.54, 1.807) is 0 Å². The van der Waals surface area contributed by atoms with E-state index in [1.807, 2.05) is 0 Å². The molecule has 2 aliphatic heterocycles. The first kappa shape index (κ1) is 19.3. The lowest BCUT2D eigenvalue weighted by molar-refractivity contribution is -0.157. The van der Waals surface area contributed by atoms with Crippen molar-refractivity contribution < 1.29 is 23.5 Å². The molecule has 2 heterocycles. The average molecular weight is 377 g/mol. The number of hydrogen-bond acceptors (Lipinski definition) is 5. The third kappa shape index (κ3) is 4.27. The summed E-state index contributed by atoms with van der Waals surface area (Å²) in [6, 6.07) is 4.59. The van der Waals surface area contributed by atoms with Crippen LogP contribution >= 0.6 is 0 Å². The van der Waals surface area contributed by atoms with Crippen molar-refractivity contribution in [1.82, 2.24) is 15.1 Å². The van der Waals surface area contributed by atoms with Crippen molar-refractivity contribution in [1.29, 1.82) is 0 Å². The first-order valence-corrected chi connectivity index (χ1v) is 9.15. The summed E-state index contributed by atoms with van der Waals surface area (Å²) in [4.78, 5) is 40.9. The van der Waals surface area contributed by atoms with Gasteiger partial charge < -0.3 is 19.9 Å². The van der Waals surface area contributed by atoms with Crippen molar-refractivity contribution in [3.63, 3.8) is 0 Å². The lowest BCUT2D eigenvalue weighted by Gasteiger charge is -2.41. The van der Waals surface area contributed by atoms with Crippen LogP contribution in [0, 0.1) is 11.7 Å². The van der Waals surface area contributed by atoms with Crippen molar-refractivity contribution in [3.8, 4) is 0 Å². The number of ether oxygens (including phenoxy) is 1. The number of nitrogens with one attached hydrogen (secondary N) is 1. The molecule has 146 valence electrons. The largest absolute Gasteiger partial charge is 0.467 e. The quantitative estimate of drug-likeness (QED) is 0.783. The van der Waals surface area contributed by atoms with Gasteiger partial charge in [0.1, 0.15) is 11.9 Å². The maximum absolute atomic E-state index is 13.4. The number of carbonyl (C=O) groups is 3. The van der Waals surface area contributed by atoms with Gasteiger partial charge in [0.2, 0.25) is 5.91 Å². The molecule has 2 aliphatic rings. The van der Waals surface area contributed by atoms with Gasteiger partial charge in [-0.1, -0.05) is 6.07 Å². The fourth-order valence-corrected chi connectivity index (χ4v) is 3.68. The summed E-state index contributed by atoms with van der Waals surface area (Å²) < 4.78 is 18.3. The Labute approximate surface area is 157 Å². The number of carbonyl (C=O) groups excluding carboxylic acids is 3. The maximum Gasteiger partial charge on any atom is 0.330 e. The molecular formula is C19H24FN3O4. The molecule has 1 N–H and O–H groups in total. The molecule has 27 heavy (non-hydrogen) atoms. The Morgan fingerprint density at radius 3 is 2.59 bits per heavy atom. The Bertz CT molecular complexity index is 721. The van der Waals surface area contributed by atoms with Crippen LogP contribution in [0.2, 0.25) is 0 Å². The van der Waals surface area contributed by atoms with Gasteiger partial charge in [-0.2, -0.15) is 0 Å². The minimum atomic E-state index is -0.844. The normalized spacial score (nSPS) is 21.0. The van der Waals surface area contributed by atoms with Crippen LogP contribution in [-0.2, 0) is 14.3 Å². The van der Waals surface area contributed by atoms with Crippen LogP contribution in [0.1, 0.15) is 23.2 Å². The van der Waals surface area contributed by atoms with E-state index in [1.165, 1.54) is 41.2 Å². The lowest BCUT2D eigenvalue weighted by atomic mass is 9.95. The zero-order valence-corrected chi connectivity index (χ0v) is 15.3. The molecule has 0 radical (unpaired) electrons. The van der Waals surface area contributed by atoms with E-state index in [4.69, 9.17) is 4.74 Å². The van der Waals surface area contributed by atoms with E-state index in [0.29, 0.717) is 6.54 Å². The Morgan fingerprint density at radius 2 is 1.93 bits per heavy atom.